The number of amides is 1. The molecule has 0 aliphatic carbocycles. The summed E-state index contributed by atoms with van der Waals surface area (Å²) in [6.07, 6.45) is 0. The predicted molar refractivity (Wildman–Crippen MR) is 83.0 cm³/mol. The second kappa shape index (κ2) is 5.52. The fourth-order valence-electron chi connectivity index (χ4n) is 1.88. The Morgan fingerprint density at radius 3 is 2.33 bits per heavy atom. The molecule has 0 aliphatic rings. The van der Waals surface area contributed by atoms with Crippen molar-refractivity contribution in [2.75, 3.05) is 5.32 Å². The zero-order valence-corrected chi connectivity index (χ0v) is 12.5. The third-order valence-electron chi connectivity index (χ3n) is 2.57. The largest absolute Gasteiger partial charge is 0.322 e. The van der Waals surface area contributed by atoms with Crippen molar-refractivity contribution in [3.8, 4) is 0 Å². The van der Waals surface area contributed by atoms with Crippen LogP contribution in [0.4, 0.5) is 5.69 Å². The molecular weight excluding hydrogens is 337 g/mol. The zero-order chi connectivity index (χ0) is 13.1. The average molecular weight is 351 g/mol. The summed E-state index contributed by atoms with van der Waals surface area (Å²) in [5.41, 5.74) is 3.82. The van der Waals surface area contributed by atoms with Gasteiger partial charge < -0.3 is 5.32 Å². The highest BCUT2D eigenvalue weighted by Gasteiger charge is 2.06. The van der Waals surface area contributed by atoms with Gasteiger partial charge in [-0.25, -0.2) is 0 Å². The molecule has 2 rings (SSSR count). The van der Waals surface area contributed by atoms with Gasteiger partial charge in [-0.05, 0) is 77.9 Å². The van der Waals surface area contributed by atoms with E-state index in [1.54, 1.807) is 0 Å². The van der Waals surface area contributed by atoms with Crippen LogP contribution in [0.5, 0.6) is 0 Å². The van der Waals surface area contributed by atoms with E-state index in [4.69, 9.17) is 0 Å². The lowest BCUT2D eigenvalue weighted by Gasteiger charge is -2.07. The minimum Gasteiger partial charge on any atom is -0.322 e. The number of hydrogen-bond acceptors (Lipinski definition) is 1. The molecule has 2 nitrogen and oxygen atoms in total. The molecule has 0 radical (unpaired) electrons. The number of rotatable bonds is 2. The number of aryl methyl sites for hydroxylation is 2. The van der Waals surface area contributed by atoms with Crippen molar-refractivity contribution < 1.29 is 4.79 Å². The molecule has 0 aliphatic heterocycles. The quantitative estimate of drug-likeness (QED) is 0.809. The van der Waals surface area contributed by atoms with Crippen molar-refractivity contribution in [1.29, 1.82) is 0 Å². The molecule has 0 unspecified atom stereocenters. The molecule has 1 N–H and O–H groups in total. The average Bonchev–Trinajstić information content (AvgIpc) is 2.27. The highest BCUT2D eigenvalue weighted by molar-refractivity contribution is 14.1. The van der Waals surface area contributed by atoms with E-state index < -0.39 is 0 Å². The summed E-state index contributed by atoms with van der Waals surface area (Å²) < 4.78 is 1.06. The molecule has 0 bridgehead atoms. The standard InChI is InChI=1S/C15H14INO/c1-10-6-11(2)8-14(7-10)17-15(18)12-4-3-5-13(16)9-12/h3-9H,1-2H3,(H,17,18). The monoisotopic (exact) mass is 351 g/mol. The molecule has 2 aromatic rings. The number of hydrogen-bond donors (Lipinski definition) is 1. The van der Waals surface area contributed by atoms with Crippen molar-refractivity contribution in [3.05, 3.63) is 62.7 Å². The van der Waals surface area contributed by atoms with Gasteiger partial charge in [-0.3, -0.25) is 4.79 Å². The Bertz CT molecular complexity index is 573. The molecule has 0 fully saturated rings. The Balaban J connectivity index is 2.21. The van der Waals surface area contributed by atoms with Gasteiger partial charge in [-0.1, -0.05) is 12.1 Å². The van der Waals surface area contributed by atoms with Crippen LogP contribution >= 0.6 is 22.6 Å². The number of halogens is 1. The summed E-state index contributed by atoms with van der Waals surface area (Å²) in [6, 6.07) is 13.6. The molecule has 2 aromatic carbocycles. The Hall–Kier alpha value is -1.36. The first-order valence-corrected chi connectivity index (χ1v) is 6.78. The normalized spacial score (nSPS) is 10.2. The number of anilines is 1. The fraction of sp³-hybridized carbons (Fsp3) is 0.133. The van der Waals surface area contributed by atoms with E-state index in [0.717, 1.165) is 20.4 Å². The predicted octanol–water partition coefficient (Wildman–Crippen LogP) is 4.16. The van der Waals surface area contributed by atoms with Gasteiger partial charge in [0.1, 0.15) is 0 Å². The summed E-state index contributed by atoms with van der Waals surface area (Å²) in [7, 11) is 0. The lowest BCUT2D eigenvalue weighted by Crippen LogP contribution is -2.12. The van der Waals surface area contributed by atoms with Crippen LogP contribution in [0.15, 0.2) is 42.5 Å². The summed E-state index contributed by atoms with van der Waals surface area (Å²) in [5, 5.41) is 2.92. The van der Waals surface area contributed by atoms with Gasteiger partial charge in [0.15, 0.2) is 0 Å². The third-order valence-corrected chi connectivity index (χ3v) is 3.24. The van der Waals surface area contributed by atoms with E-state index in [1.165, 1.54) is 0 Å². The first-order valence-electron chi connectivity index (χ1n) is 5.70. The summed E-state index contributed by atoms with van der Waals surface area (Å²) in [5.74, 6) is -0.0708. The molecular formula is C15H14INO. The fourth-order valence-corrected chi connectivity index (χ4v) is 2.42. The number of nitrogens with one attached hydrogen (secondary N) is 1. The number of benzene rings is 2. The van der Waals surface area contributed by atoms with Crippen molar-refractivity contribution in [3.63, 3.8) is 0 Å². The Labute approximate surface area is 121 Å². The van der Waals surface area contributed by atoms with Crippen LogP contribution in [-0.2, 0) is 0 Å². The van der Waals surface area contributed by atoms with Crippen LogP contribution in [0.2, 0.25) is 0 Å². The smallest absolute Gasteiger partial charge is 0.255 e. The molecule has 92 valence electrons. The van der Waals surface area contributed by atoms with Crippen LogP contribution in [0.25, 0.3) is 0 Å². The summed E-state index contributed by atoms with van der Waals surface area (Å²) >= 11 is 2.20. The van der Waals surface area contributed by atoms with Gasteiger partial charge in [-0.15, -0.1) is 0 Å². The Morgan fingerprint density at radius 2 is 1.72 bits per heavy atom. The van der Waals surface area contributed by atoms with Gasteiger partial charge in [0, 0.05) is 14.8 Å². The maximum Gasteiger partial charge on any atom is 0.255 e. The molecule has 1 amide bonds. The summed E-state index contributed by atoms with van der Waals surface area (Å²) in [4.78, 5) is 12.1. The van der Waals surface area contributed by atoms with E-state index >= 15 is 0 Å². The van der Waals surface area contributed by atoms with E-state index in [1.807, 2.05) is 50.2 Å². The topological polar surface area (TPSA) is 29.1 Å². The lowest BCUT2D eigenvalue weighted by atomic mass is 10.1. The van der Waals surface area contributed by atoms with Gasteiger partial charge >= 0.3 is 0 Å². The first kappa shape index (κ1) is 13.1. The van der Waals surface area contributed by atoms with E-state index in [2.05, 4.69) is 34.0 Å². The van der Waals surface area contributed by atoms with Gasteiger partial charge in [0.25, 0.3) is 5.91 Å². The highest BCUT2D eigenvalue weighted by Crippen LogP contribution is 2.15. The Morgan fingerprint density at radius 1 is 1.06 bits per heavy atom. The number of carbonyl (C=O) groups is 1. The molecule has 0 heterocycles. The second-order valence-corrected chi connectivity index (χ2v) is 5.59. The van der Waals surface area contributed by atoms with Crippen molar-refractivity contribution in [1.82, 2.24) is 0 Å². The molecule has 0 saturated carbocycles. The minimum atomic E-state index is -0.0708. The van der Waals surface area contributed by atoms with Crippen LogP contribution in [-0.4, -0.2) is 5.91 Å². The molecule has 18 heavy (non-hydrogen) atoms. The van der Waals surface area contributed by atoms with Crippen molar-refractivity contribution in [2.24, 2.45) is 0 Å². The van der Waals surface area contributed by atoms with Gasteiger partial charge in [-0.2, -0.15) is 0 Å². The highest BCUT2D eigenvalue weighted by atomic mass is 127. The maximum atomic E-state index is 12.1. The third kappa shape index (κ3) is 3.32. The van der Waals surface area contributed by atoms with E-state index in [0.29, 0.717) is 5.56 Å². The van der Waals surface area contributed by atoms with E-state index in [-0.39, 0.29) is 5.91 Å². The molecule has 0 saturated heterocycles. The molecule has 0 spiro atoms. The number of carbonyl (C=O) groups excluding carboxylic acids is 1. The maximum absolute atomic E-state index is 12.1. The van der Waals surface area contributed by atoms with Gasteiger partial charge in [0.2, 0.25) is 0 Å². The van der Waals surface area contributed by atoms with Gasteiger partial charge in [0.05, 0.1) is 0 Å². The summed E-state index contributed by atoms with van der Waals surface area (Å²) in [6.45, 7) is 4.04. The van der Waals surface area contributed by atoms with Crippen molar-refractivity contribution >= 4 is 34.2 Å². The molecule has 0 atom stereocenters. The Kier molecular flexibility index (Phi) is 4.01. The first-order chi connectivity index (χ1) is 8.54. The zero-order valence-electron chi connectivity index (χ0n) is 10.3. The van der Waals surface area contributed by atoms with Crippen molar-refractivity contribution in [2.45, 2.75) is 13.8 Å². The SMILES string of the molecule is Cc1cc(C)cc(NC(=O)c2cccc(I)c2)c1. The molecule has 0 aromatic heterocycles. The van der Waals surface area contributed by atoms with Crippen LogP contribution in [0.3, 0.4) is 0 Å². The van der Waals surface area contributed by atoms with Crippen LogP contribution in [0, 0.1) is 17.4 Å². The van der Waals surface area contributed by atoms with E-state index in [9.17, 15) is 4.79 Å². The lowest BCUT2D eigenvalue weighted by molar-refractivity contribution is 0.102. The molecule has 3 heteroatoms. The van der Waals surface area contributed by atoms with Crippen LogP contribution < -0.4 is 5.32 Å². The second-order valence-electron chi connectivity index (χ2n) is 4.34. The minimum absolute atomic E-state index is 0.0708. The van der Waals surface area contributed by atoms with Crippen LogP contribution in [0.1, 0.15) is 21.5 Å².